The van der Waals surface area contributed by atoms with Gasteiger partial charge in [-0.25, -0.2) is 0 Å². The highest BCUT2D eigenvalue weighted by Crippen LogP contribution is 2.31. The van der Waals surface area contributed by atoms with Crippen LogP contribution < -0.4 is 5.32 Å². The van der Waals surface area contributed by atoms with Crippen LogP contribution in [0.15, 0.2) is 0 Å². The molecule has 2 N–H and O–H groups in total. The van der Waals surface area contributed by atoms with Gasteiger partial charge in [0.1, 0.15) is 0 Å². The van der Waals surface area contributed by atoms with Crippen LogP contribution in [-0.4, -0.2) is 48.3 Å². The highest BCUT2D eigenvalue weighted by molar-refractivity contribution is 4.91. The zero-order chi connectivity index (χ0) is 12.8. The Kier molecular flexibility index (Phi) is 5.46. The minimum atomic E-state index is 0.0392. The highest BCUT2D eigenvalue weighted by atomic mass is 16.3. The zero-order valence-electron chi connectivity index (χ0n) is 12.0. The van der Waals surface area contributed by atoms with Gasteiger partial charge in [0.2, 0.25) is 0 Å². The molecule has 106 valence electrons. The molecule has 2 fully saturated rings. The first-order valence-corrected chi connectivity index (χ1v) is 7.82. The number of likely N-dealkylation sites (tertiary alicyclic amines) is 1. The van der Waals surface area contributed by atoms with Gasteiger partial charge in [-0.2, -0.15) is 0 Å². The summed E-state index contributed by atoms with van der Waals surface area (Å²) >= 11 is 0. The van der Waals surface area contributed by atoms with Crippen molar-refractivity contribution in [2.24, 2.45) is 5.92 Å². The number of aliphatic hydroxyl groups is 1. The van der Waals surface area contributed by atoms with Crippen molar-refractivity contribution in [2.45, 2.75) is 57.4 Å². The summed E-state index contributed by atoms with van der Waals surface area (Å²) < 4.78 is 0. The molecule has 0 unspecified atom stereocenters. The van der Waals surface area contributed by atoms with Gasteiger partial charge in [0, 0.05) is 5.54 Å². The molecule has 1 aliphatic carbocycles. The van der Waals surface area contributed by atoms with Crippen molar-refractivity contribution < 1.29 is 5.11 Å². The zero-order valence-corrected chi connectivity index (χ0v) is 12.0. The molecule has 2 rings (SSSR count). The Hall–Kier alpha value is -0.120. The van der Waals surface area contributed by atoms with E-state index in [4.69, 9.17) is 0 Å². The smallest absolute Gasteiger partial charge is 0.0613 e. The summed E-state index contributed by atoms with van der Waals surface area (Å²) in [6.07, 6.45) is 8.80. The predicted octanol–water partition coefficient (Wildman–Crippen LogP) is 2.00. The van der Waals surface area contributed by atoms with E-state index in [1.54, 1.807) is 0 Å². The Bertz CT molecular complexity index is 231. The molecular formula is C15H30N2O. The van der Waals surface area contributed by atoms with Crippen LogP contribution in [0.3, 0.4) is 0 Å². The molecule has 1 saturated carbocycles. The van der Waals surface area contributed by atoms with Crippen molar-refractivity contribution in [1.82, 2.24) is 10.2 Å². The number of nitrogens with zero attached hydrogens (tertiary/aromatic N) is 1. The lowest BCUT2D eigenvalue weighted by atomic mass is 9.77. The van der Waals surface area contributed by atoms with Crippen LogP contribution in [0.25, 0.3) is 0 Å². The lowest BCUT2D eigenvalue weighted by Crippen LogP contribution is -2.51. The van der Waals surface area contributed by atoms with E-state index in [2.05, 4.69) is 17.1 Å². The second-order valence-electron chi connectivity index (χ2n) is 6.45. The minimum Gasteiger partial charge on any atom is -0.394 e. The largest absolute Gasteiger partial charge is 0.394 e. The molecule has 1 saturated heterocycles. The fourth-order valence-corrected chi connectivity index (χ4v) is 3.37. The molecular weight excluding hydrogens is 224 g/mol. The monoisotopic (exact) mass is 254 g/mol. The summed E-state index contributed by atoms with van der Waals surface area (Å²) in [4.78, 5) is 2.57. The molecule has 3 nitrogen and oxygen atoms in total. The van der Waals surface area contributed by atoms with Crippen LogP contribution >= 0.6 is 0 Å². The first kappa shape index (κ1) is 14.3. The fourth-order valence-electron chi connectivity index (χ4n) is 3.37. The van der Waals surface area contributed by atoms with Crippen molar-refractivity contribution >= 4 is 0 Å². The average Bonchev–Trinajstić information content (AvgIpc) is 2.90. The third kappa shape index (κ3) is 3.94. The second kappa shape index (κ2) is 6.88. The topological polar surface area (TPSA) is 35.5 Å². The summed E-state index contributed by atoms with van der Waals surface area (Å²) in [5.74, 6) is 0.844. The Balaban J connectivity index is 1.64. The van der Waals surface area contributed by atoms with Crippen molar-refractivity contribution in [2.75, 3.05) is 32.8 Å². The Morgan fingerprint density at radius 1 is 1.22 bits per heavy atom. The van der Waals surface area contributed by atoms with E-state index < -0.39 is 0 Å². The van der Waals surface area contributed by atoms with Crippen LogP contribution in [0.4, 0.5) is 0 Å². The van der Waals surface area contributed by atoms with Crippen LogP contribution in [0.1, 0.15) is 51.9 Å². The van der Waals surface area contributed by atoms with Crippen molar-refractivity contribution in [3.8, 4) is 0 Å². The maximum absolute atomic E-state index is 9.67. The summed E-state index contributed by atoms with van der Waals surface area (Å²) in [6.45, 7) is 7.51. The number of hydrogen-bond donors (Lipinski definition) is 2. The molecule has 0 spiro atoms. The molecule has 0 atom stereocenters. The van der Waals surface area contributed by atoms with E-state index in [0.717, 1.165) is 25.3 Å². The lowest BCUT2D eigenvalue weighted by Gasteiger charge is -2.39. The first-order valence-electron chi connectivity index (χ1n) is 7.82. The molecule has 0 aromatic heterocycles. The van der Waals surface area contributed by atoms with E-state index in [1.165, 1.54) is 51.7 Å². The van der Waals surface area contributed by atoms with E-state index in [-0.39, 0.29) is 5.54 Å². The third-order valence-corrected chi connectivity index (χ3v) is 4.88. The van der Waals surface area contributed by atoms with Crippen LogP contribution in [0.2, 0.25) is 0 Å². The Morgan fingerprint density at radius 2 is 1.89 bits per heavy atom. The molecule has 2 aliphatic rings. The molecule has 0 amide bonds. The molecule has 1 aliphatic heterocycles. The van der Waals surface area contributed by atoms with Gasteiger partial charge in [-0.3, -0.25) is 0 Å². The molecule has 0 aromatic rings. The molecule has 1 heterocycles. The van der Waals surface area contributed by atoms with Crippen LogP contribution in [0, 0.1) is 5.92 Å². The van der Waals surface area contributed by atoms with Crippen molar-refractivity contribution in [3.05, 3.63) is 0 Å². The molecule has 0 bridgehead atoms. The summed E-state index contributed by atoms with van der Waals surface area (Å²) in [7, 11) is 0. The van der Waals surface area contributed by atoms with Gasteiger partial charge in [0.25, 0.3) is 0 Å². The highest BCUT2D eigenvalue weighted by Gasteiger charge is 2.32. The van der Waals surface area contributed by atoms with Crippen LogP contribution in [0.5, 0.6) is 0 Å². The number of rotatable bonds is 6. The Morgan fingerprint density at radius 3 is 2.50 bits per heavy atom. The molecule has 0 aromatic carbocycles. The fraction of sp³-hybridized carbons (Fsp3) is 1.00. The number of aliphatic hydroxyl groups excluding tert-OH is 1. The van der Waals surface area contributed by atoms with E-state index in [9.17, 15) is 5.11 Å². The minimum absolute atomic E-state index is 0.0392. The first-order chi connectivity index (χ1) is 8.74. The number of hydrogen-bond acceptors (Lipinski definition) is 3. The summed E-state index contributed by atoms with van der Waals surface area (Å²) in [6, 6.07) is 0. The normalized spacial score (nSPS) is 34.0. The van der Waals surface area contributed by atoms with E-state index >= 15 is 0 Å². The average molecular weight is 254 g/mol. The van der Waals surface area contributed by atoms with Gasteiger partial charge >= 0.3 is 0 Å². The summed E-state index contributed by atoms with van der Waals surface area (Å²) in [5, 5.41) is 13.3. The van der Waals surface area contributed by atoms with Gasteiger partial charge in [0.15, 0.2) is 0 Å². The van der Waals surface area contributed by atoms with Crippen molar-refractivity contribution in [3.63, 3.8) is 0 Å². The van der Waals surface area contributed by atoms with Crippen molar-refractivity contribution in [1.29, 1.82) is 0 Å². The van der Waals surface area contributed by atoms with Gasteiger partial charge in [-0.15, -0.1) is 0 Å². The van der Waals surface area contributed by atoms with Gasteiger partial charge in [-0.05, 0) is 77.0 Å². The lowest BCUT2D eigenvalue weighted by molar-refractivity contribution is 0.105. The van der Waals surface area contributed by atoms with E-state index in [0.29, 0.717) is 6.61 Å². The maximum atomic E-state index is 9.67. The number of nitrogens with one attached hydrogen (secondary N) is 1. The quantitative estimate of drug-likeness (QED) is 0.712. The SMILES string of the molecule is CC1CCC(CO)(NCCCN2CCCC2)CC1. The Labute approximate surface area is 112 Å². The van der Waals surface area contributed by atoms with Gasteiger partial charge in [-0.1, -0.05) is 6.92 Å². The second-order valence-corrected chi connectivity index (χ2v) is 6.45. The molecule has 0 radical (unpaired) electrons. The third-order valence-electron chi connectivity index (χ3n) is 4.88. The maximum Gasteiger partial charge on any atom is 0.0613 e. The van der Waals surface area contributed by atoms with E-state index in [1.807, 2.05) is 0 Å². The van der Waals surface area contributed by atoms with Gasteiger partial charge < -0.3 is 15.3 Å². The van der Waals surface area contributed by atoms with Crippen LogP contribution in [-0.2, 0) is 0 Å². The summed E-state index contributed by atoms with van der Waals surface area (Å²) in [5.41, 5.74) is 0.0392. The van der Waals surface area contributed by atoms with Gasteiger partial charge in [0.05, 0.1) is 6.61 Å². The molecule has 3 heteroatoms. The predicted molar refractivity (Wildman–Crippen MR) is 75.7 cm³/mol. The molecule has 18 heavy (non-hydrogen) atoms. The standard InChI is InChI=1S/C15H30N2O/c1-14-5-7-15(13-18,8-6-14)16-9-4-12-17-10-2-3-11-17/h14,16,18H,2-13H2,1H3.